The third-order valence-electron chi connectivity index (χ3n) is 6.94. The molecule has 1 aliphatic rings. The molecule has 0 amide bonds. The van der Waals surface area contributed by atoms with Crippen LogP contribution >= 0.6 is 0 Å². The minimum atomic E-state index is -0.177. The van der Waals surface area contributed by atoms with Gasteiger partial charge in [0.05, 0.1) is 28.7 Å². The van der Waals surface area contributed by atoms with Crippen molar-refractivity contribution in [1.82, 2.24) is 4.57 Å². The fourth-order valence-electron chi connectivity index (χ4n) is 5.43. The number of hydrogen-bond donors (Lipinski definition) is 0. The average molecular weight is 437 g/mol. The molecule has 0 spiro atoms. The summed E-state index contributed by atoms with van der Waals surface area (Å²) < 4.78 is 8.45. The SMILES string of the molecule is N#CC1CC=Cc2oc3ccc(-c4ccccc4-n4c5ccccc5c5ccccc54)cc3c21. The van der Waals surface area contributed by atoms with Crippen LogP contribution in [0.4, 0.5) is 0 Å². The molecule has 1 unspecified atom stereocenters. The van der Waals surface area contributed by atoms with Gasteiger partial charge in [-0.05, 0) is 48.4 Å². The molecule has 0 N–H and O–H groups in total. The fourth-order valence-corrected chi connectivity index (χ4v) is 5.43. The lowest BCUT2D eigenvalue weighted by molar-refractivity contribution is 0.592. The number of allylic oxidation sites excluding steroid dienone is 1. The van der Waals surface area contributed by atoms with E-state index in [1.165, 1.54) is 21.8 Å². The molecule has 7 rings (SSSR count). The van der Waals surface area contributed by atoms with Crippen molar-refractivity contribution in [1.29, 1.82) is 5.26 Å². The summed E-state index contributed by atoms with van der Waals surface area (Å²) in [4.78, 5) is 0. The number of rotatable bonds is 2. The third-order valence-corrected chi connectivity index (χ3v) is 6.94. The smallest absolute Gasteiger partial charge is 0.135 e. The second-order valence-electron chi connectivity index (χ2n) is 8.80. The number of nitrogens with zero attached hydrogens (tertiary/aromatic N) is 2. The summed E-state index contributed by atoms with van der Waals surface area (Å²) in [6.45, 7) is 0. The number of hydrogen-bond acceptors (Lipinski definition) is 2. The zero-order valence-electron chi connectivity index (χ0n) is 18.4. The number of fused-ring (bicyclic) bond motifs is 6. The molecule has 0 saturated carbocycles. The van der Waals surface area contributed by atoms with Gasteiger partial charge in [0.1, 0.15) is 11.3 Å². The monoisotopic (exact) mass is 436 g/mol. The van der Waals surface area contributed by atoms with Gasteiger partial charge in [-0.15, -0.1) is 0 Å². The van der Waals surface area contributed by atoms with Crippen molar-refractivity contribution in [3.05, 3.63) is 108 Å². The van der Waals surface area contributed by atoms with Crippen LogP contribution in [0.25, 0.3) is 55.7 Å². The van der Waals surface area contributed by atoms with Gasteiger partial charge in [-0.1, -0.05) is 66.7 Å². The van der Waals surface area contributed by atoms with E-state index in [0.717, 1.165) is 45.5 Å². The Balaban J connectivity index is 1.51. The van der Waals surface area contributed by atoms with Gasteiger partial charge >= 0.3 is 0 Å². The van der Waals surface area contributed by atoms with E-state index in [0.29, 0.717) is 0 Å². The van der Waals surface area contributed by atoms with Crippen LogP contribution in [0.5, 0.6) is 0 Å². The Hall–Kier alpha value is -4.55. The Kier molecular flexibility index (Phi) is 4.03. The molecule has 4 aromatic carbocycles. The van der Waals surface area contributed by atoms with Gasteiger partial charge in [-0.2, -0.15) is 5.26 Å². The molecular weight excluding hydrogens is 416 g/mol. The second kappa shape index (κ2) is 7.23. The van der Waals surface area contributed by atoms with Crippen LogP contribution in [-0.2, 0) is 0 Å². The van der Waals surface area contributed by atoms with Gasteiger partial charge < -0.3 is 8.98 Å². The first-order valence-electron chi connectivity index (χ1n) is 11.5. The molecule has 0 saturated heterocycles. The van der Waals surface area contributed by atoms with Crippen LogP contribution in [0.2, 0.25) is 0 Å². The Morgan fingerprint density at radius 3 is 2.26 bits per heavy atom. The zero-order valence-corrected chi connectivity index (χ0v) is 18.4. The van der Waals surface area contributed by atoms with E-state index in [1.807, 2.05) is 18.2 Å². The van der Waals surface area contributed by atoms with Gasteiger partial charge in [0.2, 0.25) is 0 Å². The summed E-state index contributed by atoms with van der Waals surface area (Å²) in [6, 6.07) is 34.5. The van der Waals surface area contributed by atoms with Gasteiger partial charge in [0.15, 0.2) is 0 Å². The minimum Gasteiger partial charge on any atom is -0.456 e. The van der Waals surface area contributed by atoms with Gasteiger partial charge in [-0.25, -0.2) is 0 Å². The highest BCUT2D eigenvalue weighted by Gasteiger charge is 2.24. The van der Waals surface area contributed by atoms with E-state index in [4.69, 9.17) is 4.42 Å². The van der Waals surface area contributed by atoms with Gasteiger partial charge in [-0.3, -0.25) is 0 Å². The molecular formula is C31H20N2O. The molecule has 2 aromatic heterocycles. The highest BCUT2D eigenvalue weighted by Crippen LogP contribution is 2.41. The van der Waals surface area contributed by atoms with Crippen LogP contribution in [0.3, 0.4) is 0 Å². The van der Waals surface area contributed by atoms with E-state index >= 15 is 0 Å². The van der Waals surface area contributed by atoms with Crippen molar-refractivity contribution in [3.63, 3.8) is 0 Å². The fraction of sp³-hybridized carbons (Fsp3) is 0.0645. The maximum atomic E-state index is 9.74. The van der Waals surface area contributed by atoms with Crippen LogP contribution in [-0.4, -0.2) is 4.57 Å². The summed E-state index contributed by atoms with van der Waals surface area (Å²) in [5, 5.41) is 13.3. The van der Waals surface area contributed by atoms with E-state index < -0.39 is 0 Å². The molecule has 0 aliphatic heterocycles. The molecule has 6 aromatic rings. The van der Waals surface area contributed by atoms with Crippen molar-refractivity contribution < 1.29 is 4.42 Å². The van der Waals surface area contributed by atoms with Crippen molar-refractivity contribution >= 4 is 38.9 Å². The Morgan fingerprint density at radius 2 is 1.50 bits per heavy atom. The number of benzene rings is 4. The first kappa shape index (κ1) is 19.0. The first-order chi connectivity index (χ1) is 16.8. The quantitative estimate of drug-likeness (QED) is 0.274. The zero-order chi connectivity index (χ0) is 22.6. The molecule has 0 radical (unpaired) electrons. The van der Waals surface area contributed by atoms with Crippen molar-refractivity contribution in [2.45, 2.75) is 12.3 Å². The standard InChI is InChI=1S/C31H20N2O/c32-19-21-8-7-15-30-31(21)25-18-20(16-17-29(25)34-30)22-9-1-4-12-26(22)33-27-13-5-2-10-23(27)24-11-3-6-14-28(24)33/h1-7,9-18,21H,8H2. The summed E-state index contributed by atoms with van der Waals surface area (Å²) >= 11 is 0. The number of furan rings is 1. The molecule has 1 atom stereocenters. The van der Waals surface area contributed by atoms with Crippen LogP contribution < -0.4 is 0 Å². The highest BCUT2D eigenvalue weighted by atomic mass is 16.3. The van der Waals surface area contributed by atoms with E-state index in [1.54, 1.807) is 0 Å². The van der Waals surface area contributed by atoms with Gasteiger partial charge in [0, 0.05) is 27.3 Å². The normalized spacial score (nSPS) is 15.1. The van der Waals surface area contributed by atoms with E-state index in [-0.39, 0.29) is 5.92 Å². The number of para-hydroxylation sites is 3. The molecule has 2 heterocycles. The minimum absolute atomic E-state index is 0.177. The average Bonchev–Trinajstić information content (AvgIpc) is 3.44. The van der Waals surface area contributed by atoms with E-state index in [9.17, 15) is 5.26 Å². The highest BCUT2D eigenvalue weighted by molar-refractivity contribution is 6.09. The molecule has 160 valence electrons. The summed E-state index contributed by atoms with van der Waals surface area (Å²) in [5.41, 5.74) is 7.60. The second-order valence-corrected chi connectivity index (χ2v) is 8.80. The van der Waals surface area contributed by atoms with Crippen molar-refractivity contribution in [3.8, 4) is 22.9 Å². The predicted octanol–water partition coefficient (Wildman–Crippen LogP) is 8.22. The summed E-state index contributed by atoms with van der Waals surface area (Å²) in [7, 11) is 0. The Labute approximate surface area is 196 Å². The van der Waals surface area contributed by atoms with E-state index in [2.05, 4.69) is 95.6 Å². The molecule has 1 aliphatic carbocycles. The summed E-state index contributed by atoms with van der Waals surface area (Å²) in [5.74, 6) is 0.629. The van der Waals surface area contributed by atoms with Crippen molar-refractivity contribution in [2.24, 2.45) is 0 Å². The molecule has 3 heteroatoms. The lowest BCUT2D eigenvalue weighted by atomic mass is 9.89. The molecule has 0 bridgehead atoms. The first-order valence-corrected chi connectivity index (χ1v) is 11.5. The maximum Gasteiger partial charge on any atom is 0.135 e. The summed E-state index contributed by atoms with van der Waals surface area (Å²) in [6.07, 6.45) is 4.74. The third kappa shape index (κ3) is 2.63. The number of nitriles is 1. The molecule has 3 nitrogen and oxygen atoms in total. The predicted molar refractivity (Wildman–Crippen MR) is 138 cm³/mol. The van der Waals surface area contributed by atoms with Crippen molar-refractivity contribution in [2.75, 3.05) is 0 Å². The van der Waals surface area contributed by atoms with Crippen LogP contribution in [0.15, 0.2) is 101 Å². The van der Waals surface area contributed by atoms with Gasteiger partial charge in [0.25, 0.3) is 0 Å². The Bertz CT molecular complexity index is 1760. The van der Waals surface area contributed by atoms with Crippen LogP contribution in [0.1, 0.15) is 23.7 Å². The molecule has 34 heavy (non-hydrogen) atoms. The largest absolute Gasteiger partial charge is 0.456 e. The topological polar surface area (TPSA) is 41.9 Å². The lowest BCUT2D eigenvalue weighted by Gasteiger charge is -2.14. The molecule has 0 fully saturated rings. The number of aromatic nitrogens is 1. The van der Waals surface area contributed by atoms with Crippen LogP contribution in [0, 0.1) is 11.3 Å². The Morgan fingerprint density at radius 1 is 0.794 bits per heavy atom. The lowest BCUT2D eigenvalue weighted by Crippen LogP contribution is -1.99. The maximum absolute atomic E-state index is 9.74.